The van der Waals surface area contributed by atoms with Gasteiger partial charge in [0.15, 0.2) is 0 Å². The molecule has 0 radical (unpaired) electrons. The maximum Gasteiger partial charge on any atom is 0.244 e. The molecule has 0 atom stereocenters. The summed E-state index contributed by atoms with van der Waals surface area (Å²) in [7, 11) is -2.13. The first-order valence-corrected chi connectivity index (χ1v) is 7.14. The first kappa shape index (κ1) is 15.5. The summed E-state index contributed by atoms with van der Waals surface area (Å²) in [5, 5.41) is 7.19. The van der Waals surface area contributed by atoms with Crippen LogP contribution in [-0.2, 0) is 14.8 Å². The number of nitrogens with one attached hydrogen (secondary N) is 1. The zero-order valence-electron chi connectivity index (χ0n) is 10.7. The number of nitrogens with zero attached hydrogens (tertiary/aromatic N) is 2. The third-order valence-corrected chi connectivity index (χ3v) is 4.33. The van der Waals surface area contributed by atoms with E-state index in [-0.39, 0.29) is 36.8 Å². The minimum atomic E-state index is -3.63. The highest BCUT2D eigenvalue weighted by Gasteiger charge is 2.24. The molecule has 0 spiro atoms. The number of hydrogen-bond acceptors (Lipinski definition) is 5. The van der Waals surface area contributed by atoms with Crippen LogP contribution in [0.2, 0.25) is 0 Å². The molecule has 0 aliphatic carbocycles. The van der Waals surface area contributed by atoms with Gasteiger partial charge in [0, 0.05) is 39.0 Å². The summed E-state index contributed by atoms with van der Waals surface area (Å²) in [6.45, 7) is 0.633. The number of hydrogen-bond donors (Lipinski definition) is 2. The van der Waals surface area contributed by atoms with Crippen LogP contribution in [0.15, 0.2) is 29.4 Å². The lowest BCUT2D eigenvalue weighted by molar-refractivity contribution is 0.179. The van der Waals surface area contributed by atoms with E-state index in [0.717, 1.165) is 0 Å². The summed E-state index contributed by atoms with van der Waals surface area (Å²) < 4.78 is 30.9. The van der Waals surface area contributed by atoms with Gasteiger partial charge in [0.2, 0.25) is 10.0 Å². The summed E-state index contributed by atoms with van der Waals surface area (Å²) >= 11 is 0. The van der Waals surface area contributed by atoms with E-state index in [1.165, 1.54) is 29.9 Å². The summed E-state index contributed by atoms with van der Waals surface area (Å²) in [5.41, 5.74) is 5.27. The molecule has 0 bridgehead atoms. The molecule has 1 heterocycles. The molecule has 0 aliphatic heterocycles. The van der Waals surface area contributed by atoms with E-state index in [1.807, 2.05) is 0 Å². The number of aromatic nitrogens is 1. The summed E-state index contributed by atoms with van der Waals surface area (Å²) in [6, 6.07) is 3.04. The van der Waals surface area contributed by atoms with Crippen molar-refractivity contribution in [1.29, 1.82) is 5.41 Å². The van der Waals surface area contributed by atoms with Crippen molar-refractivity contribution in [3.63, 3.8) is 0 Å². The molecule has 0 aliphatic rings. The van der Waals surface area contributed by atoms with Gasteiger partial charge in [-0.1, -0.05) is 0 Å². The quantitative estimate of drug-likeness (QED) is 0.518. The number of ether oxygens (including phenoxy) is 1. The van der Waals surface area contributed by atoms with Gasteiger partial charge in [0.25, 0.3) is 0 Å². The van der Waals surface area contributed by atoms with Crippen molar-refractivity contribution in [1.82, 2.24) is 9.29 Å². The van der Waals surface area contributed by atoms with Crippen LogP contribution in [-0.4, -0.2) is 50.3 Å². The minimum absolute atomic E-state index is 0.0520. The Labute approximate surface area is 113 Å². The van der Waals surface area contributed by atoms with Crippen LogP contribution >= 0.6 is 0 Å². The van der Waals surface area contributed by atoms with Crippen molar-refractivity contribution in [2.24, 2.45) is 5.73 Å². The van der Waals surface area contributed by atoms with E-state index in [4.69, 9.17) is 15.9 Å². The number of sulfonamides is 1. The molecule has 0 saturated heterocycles. The normalized spacial score (nSPS) is 11.7. The van der Waals surface area contributed by atoms with Gasteiger partial charge in [-0.25, -0.2) is 8.42 Å². The Morgan fingerprint density at radius 3 is 2.79 bits per heavy atom. The number of nitrogens with two attached hydrogens (primary N) is 1. The maximum absolute atomic E-state index is 12.4. The predicted molar refractivity (Wildman–Crippen MR) is 71.4 cm³/mol. The molecule has 106 valence electrons. The molecule has 8 heteroatoms. The predicted octanol–water partition coefficient (Wildman–Crippen LogP) is 0.0448. The Morgan fingerprint density at radius 1 is 1.53 bits per heavy atom. The van der Waals surface area contributed by atoms with Gasteiger partial charge in [-0.3, -0.25) is 10.4 Å². The second kappa shape index (κ2) is 7.17. The fourth-order valence-corrected chi connectivity index (χ4v) is 2.83. The van der Waals surface area contributed by atoms with E-state index in [2.05, 4.69) is 4.98 Å². The Bertz CT molecular complexity index is 504. The highest BCUT2D eigenvalue weighted by molar-refractivity contribution is 7.89. The molecule has 7 nitrogen and oxygen atoms in total. The van der Waals surface area contributed by atoms with Gasteiger partial charge in [0.1, 0.15) is 4.90 Å². The topological polar surface area (TPSA) is 109 Å². The van der Waals surface area contributed by atoms with Crippen LogP contribution in [0, 0.1) is 5.41 Å². The molecular weight excluding hydrogens is 268 g/mol. The first-order chi connectivity index (χ1) is 8.98. The van der Waals surface area contributed by atoms with E-state index >= 15 is 0 Å². The van der Waals surface area contributed by atoms with Crippen molar-refractivity contribution in [3.8, 4) is 0 Å². The van der Waals surface area contributed by atoms with Crippen molar-refractivity contribution >= 4 is 15.9 Å². The van der Waals surface area contributed by atoms with Gasteiger partial charge < -0.3 is 10.5 Å². The molecule has 1 aromatic rings. The average Bonchev–Trinajstić information content (AvgIpc) is 2.39. The molecule has 19 heavy (non-hydrogen) atoms. The molecule has 0 saturated carbocycles. The number of pyridine rings is 1. The summed E-state index contributed by atoms with van der Waals surface area (Å²) in [4.78, 5) is 3.92. The summed E-state index contributed by atoms with van der Waals surface area (Å²) in [6.07, 6.45) is 2.99. The Hall–Kier alpha value is -1.51. The zero-order chi connectivity index (χ0) is 14.3. The highest BCUT2D eigenvalue weighted by Crippen LogP contribution is 2.14. The Balaban J connectivity index is 2.91. The third-order valence-electron chi connectivity index (χ3n) is 2.45. The number of amidine groups is 1. The highest BCUT2D eigenvalue weighted by atomic mass is 32.2. The number of methoxy groups -OCH3 is 1. The molecule has 1 rings (SSSR count). The van der Waals surface area contributed by atoms with Crippen LogP contribution in [0.3, 0.4) is 0 Å². The largest absolute Gasteiger partial charge is 0.388 e. The lowest BCUT2D eigenvalue weighted by Crippen LogP contribution is -2.36. The summed E-state index contributed by atoms with van der Waals surface area (Å²) in [5.74, 6) is -0.0520. The minimum Gasteiger partial charge on any atom is -0.388 e. The Kier molecular flexibility index (Phi) is 5.87. The molecule has 0 fully saturated rings. The molecular formula is C11H18N4O3S. The van der Waals surface area contributed by atoms with Gasteiger partial charge in [-0.2, -0.15) is 4.31 Å². The van der Waals surface area contributed by atoms with E-state index in [1.54, 1.807) is 6.07 Å². The van der Waals surface area contributed by atoms with Gasteiger partial charge >= 0.3 is 0 Å². The van der Waals surface area contributed by atoms with Crippen LogP contribution in [0.4, 0.5) is 0 Å². The fraction of sp³-hybridized carbons (Fsp3) is 0.455. The van der Waals surface area contributed by atoms with Crippen LogP contribution in [0.25, 0.3) is 0 Å². The smallest absolute Gasteiger partial charge is 0.244 e. The first-order valence-electron chi connectivity index (χ1n) is 5.70. The maximum atomic E-state index is 12.4. The average molecular weight is 286 g/mol. The second-order valence-electron chi connectivity index (χ2n) is 3.86. The number of rotatable bonds is 8. The van der Waals surface area contributed by atoms with Crippen LogP contribution < -0.4 is 5.73 Å². The Morgan fingerprint density at radius 2 is 2.26 bits per heavy atom. The SMILES string of the molecule is COCCN(CCC(=N)N)S(=O)(=O)c1cccnc1. The molecule has 0 aromatic carbocycles. The van der Waals surface area contributed by atoms with E-state index in [9.17, 15) is 8.42 Å². The zero-order valence-corrected chi connectivity index (χ0v) is 11.6. The standard InChI is InChI=1S/C11H18N4O3S/c1-18-8-7-15(6-4-11(12)13)19(16,17)10-3-2-5-14-9-10/h2-3,5,9H,4,6-8H2,1H3,(H3,12,13). The van der Waals surface area contributed by atoms with Crippen molar-refractivity contribution in [3.05, 3.63) is 24.5 Å². The molecule has 1 aromatic heterocycles. The van der Waals surface area contributed by atoms with Crippen LogP contribution in [0.5, 0.6) is 0 Å². The van der Waals surface area contributed by atoms with Crippen molar-refractivity contribution < 1.29 is 13.2 Å². The third kappa shape index (κ3) is 4.58. The van der Waals surface area contributed by atoms with Gasteiger partial charge in [-0.15, -0.1) is 0 Å². The lowest BCUT2D eigenvalue weighted by atomic mass is 10.4. The van der Waals surface area contributed by atoms with Crippen molar-refractivity contribution in [2.45, 2.75) is 11.3 Å². The fourth-order valence-electron chi connectivity index (χ4n) is 1.44. The molecule has 0 amide bonds. The monoisotopic (exact) mass is 286 g/mol. The van der Waals surface area contributed by atoms with E-state index in [0.29, 0.717) is 0 Å². The molecule has 0 unspecified atom stereocenters. The van der Waals surface area contributed by atoms with Gasteiger partial charge in [0.05, 0.1) is 12.4 Å². The molecule has 3 N–H and O–H groups in total. The second-order valence-corrected chi connectivity index (χ2v) is 5.80. The van der Waals surface area contributed by atoms with E-state index < -0.39 is 10.0 Å². The van der Waals surface area contributed by atoms with Crippen LogP contribution in [0.1, 0.15) is 6.42 Å². The van der Waals surface area contributed by atoms with Gasteiger partial charge in [-0.05, 0) is 12.1 Å². The lowest BCUT2D eigenvalue weighted by Gasteiger charge is -2.21. The van der Waals surface area contributed by atoms with Crippen molar-refractivity contribution in [2.75, 3.05) is 26.8 Å².